The first-order chi connectivity index (χ1) is 9.28. The molecule has 1 saturated heterocycles. The van der Waals surface area contributed by atoms with Gasteiger partial charge < -0.3 is 10.2 Å². The summed E-state index contributed by atoms with van der Waals surface area (Å²) in [6, 6.07) is 8.79. The van der Waals surface area contributed by atoms with Gasteiger partial charge in [-0.3, -0.25) is 0 Å². The minimum absolute atomic E-state index is 0.654. The molecular formula is C16H25ClN2. The van der Waals surface area contributed by atoms with Crippen molar-refractivity contribution in [1.82, 2.24) is 10.2 Å². The minimum atomic E-state index is 0.654. The molecule has 0 spiro atoms. The van der Waals surface area contributed by atoms with E-state index >= 15 is 0 Å². The van der Waals surface area contributed by atoms with Crippen molar-refractivity contribution >= 4 is 11.6 Å². The van der Waals surface area contributed by atoms with Crippen LogP contribution in [0.15, 0.2) is 24.3 Å². The van der Waals surface area contributed by atoms with Gasteiger partial charge in [-0.2, -0.15) is 0 Å². The number of hydrogen-bond acceptors (Lipinski definition) is 2. The van der Waals surface area contributed by atoms with Gasteiger partial charge in [0.15, 0.2) is 0 Å². The Morgan fingerprint density at radius 2 is 2.21 bits per heavy atom. The fraction of sp³-hybridized carbons (Fsp3) is 0.625. The van der Waals surface area contributed by atoms with Crippen LogP contribution in [0.5, 0.6) is 0 Å². The van der Waals surface area contributed by atoms with Crippen molar-refractivity contribution < 1.29 is 0 Å². The summed E-state index contributed by atoms with van der Waals surface area (Å²) in [5.41, 5.74) is 1.28. The van der Waals surface area contributed by atoms with Crippen molar-refractivity contribution in [3.05, 3.63) is 34.9 Å². The molecular weight excluding hydrogens is 256 g/mol. The van der Waals surface area contributed by atoms with Gasteiger partial charge in [-0.25, -0.2) is 0 Å². The van der Waals surface area contributed by atoms with E-state index in [1.165, 1.54) is 50.9 Å². The van der Waals surface area contributed by atoms with E-state index in [0.717, 1.165) is 11.6 Å². The highest BCUT2D eigenvalue weighted by atomic mass is 35.5. The van der Waals surface area contributed by atoms with Crippen molar-refractivity contribution in [3.8, 4) is 0 Å². The molecule has 2 rings (SSSR count). The largest absolute Gasteiger partial charge is 0.310 e. The maximum absolute atomic E-state index is 6.01. The summed E-state index contributed by atoms with van der Waals surface area (Å²) in [4.78, 5) is 2.60. The zero-order chi connectivity index (χ0) is 13.5. The third-order valence-electron chi connectivity index (χ3n) is 3.84. The quantitative estimate of drug-likeness (QED) is 0.885. The zero-order valence-electron chi connectivity index (χ0n) is 11.9. The van der Waals surface area contributed by atoms with Gasteiger partial charge in [-0.05, 0) is 63.0 Å². The molecule has 1 N–H and O–H groups in total. The molecule has 106 valence electrons. The molecule has 0 bridgehead atoms. The van der Waals surface area contributed by atoms with Crippen LogP contribution >= 0.6 is 11.6 Å². The molecule has 3 heteroatoms. The molecule has 1 heterocycles. The Morgan fingerprint density at radius 1 is 1.32 bits per heavy atom. The van der Waals surface area contributed by atoms with Crippen molar-refractivity contribution in [3.63, 3.8) is 0 Å². The van der Waals surface area contributed by atoms with Crippen LogP contribution in [0.4, 0.5) is 0 Å². The van der Waals surface area contributed by atoms with E-state index in [1.54, 1.807) is 0 Å². The number of halogens is 1. The number of rotatable bonds is 5. The monoisotopic (exact) mass is 280 g/mol. The van der Waals surface area contributed by atoms with E-state index in [1.807, 2.05) is 12.1 Å². The number of nitrogens with zero attached hydrogens (tertiary/aromatic N) is 1. The van der Waals surface area contributed by atoms with Crippen LogP contribution in [0, 0.1) is 0 Å². The number of likely N-dealkylation sites (tertiary alicyclic amines) is 1. The molecule has 1 atom stereocenters. The highest BCUT2D eigenvalue weighted by molar-refractivity contribution is 6.30. The van der Waals surface area contributed by atoms with Crippen LogP contribution in [0.3, 0.4) is 0 Å². The van der Waals surface area contributed by atoms with Gasteiger partial charge in [0.1, 0.15) is 0 Å². The molecule has 1 aliphatic heterocycles. The molecule has 0 aliphatic carbocycles. The average molecular weight is 281 g/mol. The Balaban J connectivity index is 1.77. The van der Waals surface area contributed by atoms with Gasteiger partial charge in [0.25, 0.3) is 0 Å². The lowest BCUT2D eigenvalue weighted by Gasteiger charge is -2.19. The van der Waals surface area contributed by atoms with Gasteiger partial charge in [0, 0.05) is 17.6 Å². The van der Waals surface area contributed by atoms with E-state index in [-0.39, 0.29) is 0 Å². The van der Waals surface area contributed by atoms with Crippen molar-refractivity contribution in [2.75, 3.05) is 19.6 Å². The van der Waals surface area contributed by atoms with E-state index in [9.17, 15) is 0 Å². The first kappa shape index (κ1) is 14.8. The predicted octanol–water partition coefficient (Wildman–Crippen LogP) is 3.69. The molecule has 19 heavy (non-hydrogen) atoms. The lowest BCUT2D eigenvalue weighted by molar-refractivity contribution is 0.282. The van der Waals surface area contributed by atoms with Crippen LogP contribution in [-0.2, 0) is 6.54 Å². The van der Waals surface area contributed by atoms with Crippen molar-refractivity contribution in [2.24, 2.45) is 0 Å². The molecule has 0 radical (unpaired) electrons. The number of nitrogens with one attached hydrogen (secondary N) is 1. The molecule has 1 aliphatic rings. The summed E-state index contributed by atoms with van der Waals surface area (Å²) in [6.07, 6.45) is 5.13. The topological polar surface area (TPSA) is 15.3 Å². The predicted molar refractivity (Wildman–Crippen MR) is 82.7 cm³/mol. The first-order valence-electron chi connectivity index (χ1n) is 7.48. The fourth-order valence-electron chi connectivity index (χ4n) is 2.81. The molecule has 1 fully saturated rings. The zero-order valence-corrected chi connectivity index (χ0v) is 12.6. The number of benzene rings is 1. The summed E-state index contributed by atoms with van der Waals surface area (Å²) >= 11 is 6.01. The van der Waals surface area contributed by atoms with E-state index < -0.39 is 0 Å². The normalized spacial score (nSPS) is 21.3. The second-order valence-electron chi connectivity index (χ2n) is 5.48. The van der Waals surface area contributed by atoms with E-state index in [2.05, 4.69) is 29.3 Å². The van der Waals surface area contributed by atoms with Crippen LogP contribution in [-0.4, -0.2) is 30.6 Å². The summed E-state index contributed by atoms with van der Waals surface area (Å²) < 4.78 is 0. The second kappa shape index (κ2) is 7.88. The molecule has 0 amide bonds. The average Bonchev–Trinajstić information content (AvgIpc) is 2.63. The Hall–Kier alpha value is -0.570. The summed E-state index contributed by atoms with van der Waals surface area (Å²) in [5.74, 6) is 0. The first-order valence-corrected chi connectivity index (χ1v) is 7.86. The lowest BCUT2D eigenvalue weighted by atomic mass is 10.1. The summed E-state index contributed by atoms with van der Waals surface area (Å²) in [6.45, 7) is 6.95. The van der Waals surface area contributed by atoms with Crippen LogP contribution in [0.2, 0.25) is 5.02 Å². The molecule has 2 nitrogen and oxygen atoms in total. The molecule has 1 unspecified atom stereocenters. The Kier molecular flexibility index (Phi) is 6.15. The van der Waals surface area contributed by atoms with E-state index in [0.29, 0.717) is 6.04 Å². The molecule has 1 aromatic carbocycles. The minimum Gasteiger partial charge on any atom is -0.310 e. The fourth-order valence-corrected chi connectivity index (χ4v) is 3.02. The van der Waals surface area contributed by atoms with Crippen LogP contribution < -0.4 is 5.32 Å². The van der Waals surface area contributed by atoms with Gasteiger partial charge in [0.05, 0.1) is 0 Å². The molecule has 1 aromatic rings. The Bertz CT molecular complexity index is 381. The van der Waals surface area contributed by atoms with Crippen LogP contribution in [0.25, 0.3) is 0 Å². The molecule has 0 saturated carbocycles. The third-order valence-corrected chi connectivity index (χ3v) is 4.08. The maximum Gasteiger partial charge on any atom is 0.0409 e. The summed E-state index contributed by atoms with van der Waals surface area (Å²) in [5, 5.41) is 4.51. The smallest absolute Gasteiger partial charge is 0.0409 e. The van der Waals surface area contributed by atoms with Crippen molar-refractivity contribution in [2.45, 2.75) is 45.2 Å². The number of hydrogen-bond donors (Lipinski definition) is 1. The van der Waals surface area contributed by atoms with Gasteiger partial charge in [-0.1, -0.05) is 30.7 Å². The van der Waals surface area contributed by atoms with Gasteiger partial charge in [-0.15, -0.1) is 0 Å². The van der Waals surface area contributed by atoms with Gasteiger partial charge >= 0.3 is 0 Å². The van der Waals surface area contributed by atoms with E-state index in [4.69, 9.17) is 11.6 Å². The standard InChI is InChI=1S/C16H25ClN2/c1-2-9-19-10-4-7-16(8-11-19)18-13-14-5-3-6-15(17)12-14/h3,5-6,12,16,18H,2,4,7-11,13H2,1H3. The van der Waals surface area contributed by atoms with Gasteiger partial charge in [0.2, 0.25) is 0 Å². The highest BCUT2D eigenvalue weighted by Gasteiger charge is 2.15. The maximum atomic E-state index is 6.01. The SMILES string of the molecule is CCCN1CCCC(NCc2cccc(Cl)c2)CC1. The summed E-state index contributed by atoms with van der Waals surface area (Å²) in [7, 11) is 0. The molecule has 0 aromatic heterocycles. The lowest BCUT2D eigenvalue weighted by Crippen LogP contribution is -2.30. The second-order valence-corrected chi connectivity index (χ2v) is 5.92. The Morgan fingerprint density at radius 3 is 3.00 bits per heavy atom. The Labute approximate surface area is 122 Å². The van der Waals surface area contributed by atoms with Crippen molar-refractivity contribution in [1.29, 1.82) is 0 Å². The highest BCUT2D eigenvalue weighted by Crippen LogP contribution is 2.14. The third kappa shape index (κ3) is 5.13. The van der Waals surface area contributed by atoms with Crippen LogP contribution in [0.1, 0.15) is 38.2 Å².